The van der Waals surface area contributed by atoms with Gasteiger partial charge in [0.15, 0.2) is 0 Å². The van der Waals surface area contributed by atoms with E-state index in [0.29, 0.717) is 0 Å². The number of rotatable bonds is 2. The fraction of sp³-hybridized carbons (Fsp3) is 0.0625. The SMILES string of the molecule is C[n+]1c(/C=C/c2ccccc2)sc2ccccc21.[I-]. The van der Waals surface area contributed by atoms with Crippen LogP contribution < -0.4 is 28.5 Å². The third-order valence-electron chi connectivity index (χ3n) is 2.99. The van der Waals surface area contributed by atoms with Gasteiger partial charge in [-0.15, -0.1) is 0 Å². The Bertz CT molecular complexity index is 701. The molecule has 1 nitrogen and oxygen atoms in total. The Hall–Kier alpha value is -1.20. The van der Waals surface area contributed by atoms with Crippen LogP contribution in [0.4, 0.5) is 0 Å². The Labute approximate surface area is 134 Å². The van der Waals surface area contributed by atoms with Gasteiger partial charge in [-0.2, -0.15) is 4.57 Å². The summed E-state index contributed by atoms with van der Waals surface area (Å²) in [6, 6.07) is 18.9. The van der Waals surface area contributed by atoms with E-state index in [9.17, 15) is 0 Å². The first-order valence-electron chi connectivity index (χ1n) is 5.95. The van der Waals surface area contributed by atoms with E-state index in [0.717, 1.165) is 0 Å². The monoisotopic (exact) mass is 379 g/mol. The fourth-order valence-corrected chi connectivity index (χ4v) is 3.05. The molecule has 0 spiro atoms. The van der Waals surface area contributed by atoms with Crippen LogP contribution in [0.25, 0.3) is 22.4 Å². The van der Waals surface area contributed by atoms with Crippen LogP contribution in [-0.4, -0.2) is 0 Å². The zero-order chi connectivity index (χ0) is 12.4. The fourth-order valence-electron chi connectivity index (χ4n) is 2.00. The molecule has 0 unspecified atom stereocenters. The summed E-state index contributed by atoms with van der Waals surface area (Å²) in [6.07, 6.45) is 4.34. The average molecular weight is 379 g/mol. The quantitative estimate of drug-likeness (QED) is 0.460. The lowest BCUT2D eigenvalue weighted by atomic mass is 10.2. The minimum atomic E-state index is 0. The topological polar surface area (TPSA) is 3.88 Å². The van der Waals surface area contributed by atoms with Crippen LogP contribution >= 0.6 is 11.3 Å². The molecule has 1 aromatic heterocycles. The van der Waals surface area contributed by atoms with Crippen LogP contribution in [0.2, 0.25) is 0 Å². The van der Waals surface area contributed by atoms with Crippen molar-refractivity contribution in [2.75, 3.05) is 0 Å². The molecular weight excluding hydrogens is 365 g/mol. The molecule has 3 rings (SSSR count). The summed E-state index contributed by atoms with van der Waals surface area (Å²) in [7, 11) is 2.11. The van der Waals surface area contributed by atoms with E-state index in [1.807, 2.05) is 17.4 Å². The smallest absolute Gasteiger partial charge is 0.262 e. The number of nitrogens with zero attached hydrogens (tertiary/aromatic N) is 1. The van der Waals surface area contributed by atoms with Gasteiger partial charge in [0.05, 0.1) is 0 Å². The van der Waals surface area contributed by atoms with Crippen LogP contribution in [0.1, 0.15) is 10.6 Å². The van der Waals surface area contributed by atoms with Crippen molar-refractivity contribution in [2.45, 2.75) is 0 Å². The van der Waals surface area contributed by atoms with Crippen molar-refractivity contribution in [3.05, 3.63) is 65.2 Å². The summed E-state index contributed by atoms with van der Waals surface area (Å²) < 4.78 is 3.56. The lowest BCUT2D eigenvalue weighted by Gasteiger charge is -1.89. The average Bonchev–Trinajstić information content (AvgIpc) is 2.75. The van der Waals surface area contributed by atoms with E-state index < -0.39 is 0 Å². The number of benzene rings is 2. The van der Waals surface area contributed by atoms with E-state index in [1.54, 1.807) is 0 Å². The molecular formula is C16H14INS. The van der Waals surface area contributed by atoms with Gasteiger partial charge in [0.1, 0.15) is 11.7 Å². The van der Waals surface area contributed by atoms with Gasteiger partial charge >= 0.3 is 0 Å². The molecule has 0 bridgehead atoms. The molecule has 0 N–H and O–H groups in total. The van der Waals surface area contributed by atoms with Crippen molar-refractivity contribution < 1.29 is 28.5 Å². The van der Waals surface area contributed by atoms with E-state index in [2.05, 4.69) is 72.3 Å². The van der Waals surface area contributed by atoms with Crippen molar-refractivity contribution >= 4 is 33.7 Å². The van der Waals surface area contributed by atoms with E-state index in [-0.39, 0.29) is 24.0 Å². The minimum absolute atomic E-state index is 0. The minimum Gasteiger partial charge on any atom is -1.00 e. The van der Waals surface area contributed by atoms with Crippen molar-refractivity contribution in [2.24, 2.45) is 7.05 Å². The number of aryl methyl sites for hydroxylation is 1. The molecule has 3 heteroatoms. The molecule has 0 saturated heterocycles. The summed E-state index contributed by atoms with van der Waals surface area (Å²) in [6.45, 7) is 0. The molecule has 0 aliphatic rings. The second kappa shape index (κ2) is 6.30. The molecule has 19 heavy (non-hydrogen) atoms. The Morgan fingerprint density at radius 3 is 2.32 bits per heavy atom. The van der Waals surface area contributed by atoms with Crippen LogP contribution in [0.15, 0.2) is 54.6 Å². The van der Waals surface area contributed by atoms with E-state index >= 15 is 0 Å². The van der Waals surface area contributed by atoms with Gasteiger partial charge in [0, 0.05) is 12.1 Å². The van der Waals surface area contributed by atoms with Crippen LogP contribution in [0, 0.1) is 0 Å². The highest BCUT2D eigenvalue weighted by molar-refractivity contribution is 7.18. The lowest BCUT2D eigenvalue weighted by Crippen LogP contribution is -3.00. The van der Waals surface area contributed by atoms with Gasteiger partial charge in [-0.1, -0.05) is 53.8 Å². The highest BCUT2D eigenvalue weighted by Crippen LogP contribution is 2.21. The number of aromatic nitrogens is 1. The molecule has 0 saturated carbocycles. The van der Waals surface area contributed by atoms with Crippen LogP contribution in [0.3, 0.4) is 0 Å². The molecule has 0 amide bonds. The number of hydrogen-bond acceptors (Lipinski definition) is 1. The Morgan fingerprint density at radius 1 is 0.895 bits per heavy atom. The van der Waals surface area contributed by atoms with Crippen molar-refractivity contribution in [3.8, 4) is 0 Å². The maximum atomic E-state index is 2.24. The van der Waals surface area contributed by atoms with Gasteiger partial charge in [0.25, 0.3) is 5.01 Å². The Morgan fingerprint density at radius 2 is 1.58 bits per heavy atom. The molecule has 0 atom stereocenters. The molecule has 1 heterocycles. The van der Waals surface area contributed by atoms with Gasteiger partial charge in [-0.05, 0) is 17.7 Å². The standard InChI is InChI=1S/C16H14NS.HI/c1-17-14-9-5-6-10-15(14)18-16(17)12-11-13-7-3-2-4-8-13;/h2-12H,1H3;1H/q+1;/p-1/b12-11+;. The zero-order valence-corrected chi connectivity index (χ0v) is 13.6. The predicted octanol–water partition coefficient (Wildman–Crippen LogP) is 0.900. The number of para-hydroxylation sites is 1. The Balaban J connectivity index is 0.00000133. The second-order valence-corrected chi connectivity index (χ2v) is 5.27. The summed E-state index contributed by atoms with van der Waals surface area (Å²) in [4.78, 5) is 0. The molecule has 2 aromatic carbocycles. The highest BCUT2D eigenvalue weighted by atomic mass is 127. The maximum absolute atomic E-state index is 2.24. The van der Waals surface area contributed by atoms with Gasteiger partial charge < -0.3 is 24.0 Å². The first-order valence-corrected chi connectivity index (χ1v) is 6.77. The van der Waals surface area contributed by atoms with Crippen LogP contribution in [0.5, 0.6) is 0 Å². The molecule has 0 aliphatic carbocycles. The Kier molecular flexibility index (Phi) is 4.71. The lowest BCUT2D eigenvalue weighted by molar-refractivity contribution is -0.642. The van der Waals surface area contributed by atoms with Crippen molar-refractivity contribution in [1.82, 2.24) is 0 Å². The zero-order valence-electron chi connectivity index (χ0n) is 10.6. The third kappa shape index (κ3) is 3.04. The number of halogens is 1. The van der Waals surface area contributed by atoms with Crippen LogP contribution in [-0.2, 0) is 7.05 Å². The highest BCUT2D eigenvalue weighted by Gasteiger charge is 2.12. The van der Waals surface area contributed by atoms with Gasteiger partial charge in [-0.3, -0.25) is 0 Å². The van der Waals surface area contributed by atoms with Gasteiger partial charge in [-0.25, -0.2) is 0 Å². The summed E-state index contributed by atoms with van der Waals surface area (Å²) in [5.74, 6) is 0. The maximum Gasteiger partial charge on any atom is 0.262 e. The second-order valence-electron chi connectivity index (χ2n) is 4.21. The first-order chi connectivity index (χ1) is 8.84. The third-order valence-corrected chi connectivity index (χ3v) is 4.17. The first kappa shape index (κ1) is 14.2. The summed E-state index contributed by atoms with van der Waals surface area (Å²) in [5, 5.41) is 1.26. The predicted molar refractivity (Wildman–Crippen MR) is 78.4 cm³/mol. The number of fused-ring (bicyclic) bond motifs is 1. The summed E-state index contributed by atoms with van der Waals surface area (Å²) >= 11 is 1.82. The summed E-state index contributed by atoms with van der Waals surface area (Å²) in [5.41, 5.74) is 2.52. The molecule has 3 aromatic rings. The van der Waals surface area contributed by atoms with E-state index in [4.69, 9.17) is 0 Å². The van der Waals surface area contributed by atoms with E-state index in [1.165, 1.54) is 20.8 Å². The molecule has 0 fully saturated rings. The number of thiazole rings is 1. The van der Waals surface area contributed by atoms with Gasteiger partial charge in [0.2, 0.25) is 5.52 Å². The molecule has 96 valence electrons. The molecule has 0 aliphatic heterocycles. The largest absolute Gasteiger partial charge is 1.00 e. The molecule has 0 radical (unpaired) electrons. The normalized spacial score (nSPS) is 10.8. The van der Waals surface area contributed by atoms with Crippen molar-refractivity contribution in [1.29, 1.82) is 0 Å². The number of hydrogen-bond donors (Lipinski definition) is 0. The van der Waals surface area contributed by atoms with Crippen molar-refractivity contribution in [3.63, 3.8) is 0 Å².